The Kier molecular flexibility index (Phi) is 39.6. The molecule has 8 rings (SSSR count). The Morgan fingerprint density at radius 3 is 1.12 bits per heavy atom. The third kappa shape index (κ3) is 48.2. The molecule has 8 aromatic rings. The SMILES string of the molecule is CC(C)(C)Cc1ccc(Br)cc1.CC(C)(C)Cc1ccc(Cl)cc1Cl.CC(C)(C)Cc1ccc([N+](=O)[O-])cc1.CC(C)(C)Cc1ccccc1.CC(C)(C)Cc1ccccc1[N+](=O)[O-].COc1cc(CC(C)(C)C)cc(C)c1C.Cc1ccc(CC(C)(C)C)cc1.Cc1cccc(CC(C)(C)C)c1. The molecule has 0 atom stereocenters. The fourth-order valence-corrected chi connectivity index (χ4v) is 11.7. The highest BCUT2D eigenvalue weighted by Gasteiger charge is 2.21. The highest BCUT2D eigenvalue weighted by atomic mass is 79.9. The zero-order valence-electron chi connectivity index (χ0n) is 69.0. The molecular weight excluding hydrogens is 1380 g/mol. The standard InChI is InChI=1S/C14H22O.2C12H18.C11H15Br.C11H14Cl2.2C11H15NO2.C11H16/c1-10-7-12(9-14(3,4)5)8-13(15-6)11(10)2;1-10-5-7-11(8-6-10)9-12(2,3)4;1-10-6-5-7-11(8-10)9-12(2,3)4;1-11(2,3)8-9-4-6-10(12)7-5-9;1-11(2,3)7-8-4-5-9(12)6-10(8)13;1-11(2,3)8-9-4-6-10(7-5-9)12(13)14;1-11(2,3)8-9-6-4-5-7-10(9)12(13)14;1-11(2,3)9-10-7-5-4-6-8-10/h7-8H,9H2,1-6H3;2*5-8H,9H2,1-4H3;4-7H,8H2,1-3H3;4-6H,7H2,1-3H3;2*4-7H,8H2,1-3H3;4-8H,9H2,1-3H3. The van der Waals surface area contributed by atoms with Gasteiger partial charge in [-0.05, 0) is 203 Å². The number of rotatable bonds is 11. The first-order valence-electron chi connectivity index (χ1n) is 36.4. The van der Waals surface area contributed by atoms with E-state index in [9.17, 15) is 20.2 Å². The number of nitrogens with zero attached hydrogens (tertiary/aromatic N) is 2. The van der Waals surface area contributed by atoms with Crippen molar-refractivity contribution in [3.8, 4) is 5.75 Å². The highest BCUT2D eigenvalue weighted by Crippen LogP contribution is 2.32. The molecule has 0 heterocycles. The van der Waals surface area contributed by atoms with E-state index in [-0.39, 0.29) is 37.5 Å². The lowest BCUT2D eigenvalue weighted by molar-refractivity contribution is -0.385. The fourth-order valence-electron chi connectivity index (χ4n) is 11.0. The fraction of sp³-hybridized carbons (Fsp3) is 0.484. The molecule has 0 spiro atoms. The van der Waals surface area contributed by atoms with Crippen molar-refractivity contribution in [3.63, 3.8) is 0 Å². The van der Waals surface area contributed by atoms with Crippen molar-refractivity contribution in [2.45, 2.75) is 245 Å². The average Bonchev–Trinajstić information content (AvgIpc) is 0.844. The van der Waals surface area contributed by atoms with Crippen LogP contribution < -0.4 is 4.74 Å². The third-order valence-corrected chi connectivity index (χ3v) is 16.2. The van der Waals surface area contributed by atoms with E-state index in [1.807, 2.05) is 36.4 Å². The summed E-state index contributed by atoms with van der Waals surface area (Å²) in [6.45, 7) is 61.7. The maximum absolute atomic E-state index is 10.7. The van der Waals surface area contributed by atoms with Gasteiger partial charge >= 0.3 is 0 Å². The topological polar surface area (TPSA) is 95.5 Å². The summed E-state index contributed by atoms with van der Waals surface area (Å²) in [4.78, 5) is 20.4. The molecule has 0 bridgehead atoms. The number of nitro groups is 2. The summed E-state index contributed by atoms with van der Waals surface area (Å²) in [6, 6.07) is 60.5. The van der Waals surface area contributed by atoms with Crippen LogP contribution in [0.5, 0.6) is 5.75 Å². The van der Waals surface area contributed by atoms with Crippen LogP contribution in [0.2, 0.25) is 10.0 Å². The smallest absolute Gasteiger partial charge is 0.272 e. The quantitative estimate of drug-likeness (QED) is 0.0950. The Morgan fingerprint density at radius 1 is 0.350 bits per heavy atom. The van der Waals surface area contributed by atoms with E-state index in [1.165, 1.54) is 55.6 Å². The van der Waals surface area contributed by atoms with Crippen molar-refractivity contribution in [2.24, 2.45) is 43.3 Å². The number of ether oxygens (including phenoxy) is 1. The van der Waals surface area contributed by atoms with Crippen molar-refractivity contribution >= 4 is 50.5 Å². The number of non-ortho nitro benzene ring substituents is 1. The number of nitro benzene ring substituents is 2. The first-order valence-corrected chi connectivity index (χ1v) is 38.0. The molecule has 0 unspecified atom stereocenters. The molecule has 0 N–H and O–H groups in total. The van der Waals surface area contributed by atoms with Gasteiger partial charge in [0.1, 0.15) is 5.75 Å². The Hall–Kier alpha value is -6.58. The number of benzene rings is 8. The van der Waals surface area contributed by atoms with Crippen LogP contribution in [0.25, 0.3) is 0 Å². The predicted molar refractivity (Wildman–Crippen MR) is 453 cm³/mol. The maximum atomic E-state index is 10.7. The summed E-state index contributed by atoms with van der Waals surface area (Å²) in [5.74, 6) is 1.01. The van der Waals surface area contributed by atoms with Gasteiger partial charge in [-0.1, -0.05) is 350 Å². The van der Waals surface area contributed by atoms with Gasteiger partial charge in [-0.2, -0.15) is 0 Å². The lowest BCUT2D eigenvalue weighted by atomic mass is 9.87. The van der Waals surface area contributed by atoms with E-state index in [4.69, 9.17) is 27.9 Å². The lowest BCUT2D eigenvalue weighted by Gasteiger charge is -2.19. The van der Waals surface area contributed by atoms with Crippen LogP contribution in [-0.4, -0.2) is 17.0 Å². The molecule has 7 nitrogen and oxygen atoms in total. The predicted octanol–water partition coefficient (Wildman–Crippen LogP) is 29.3. The molecule has 0 aromatic heterocycles. The average molecular weight is 1510 g/mol. The molecule has 0 aliphatic carbocycles. The van der Waals surface area contributed by atoms with E-state index in [1.54, 1.807) is 37.4 Å². The molecule has 10 heteroatoms. The third-order valence-electron chi connectivity index (χ3n) is 15.1. The first kappa shape index (κ1) is 94.4. The summed E-state index contributed by atoms with van der Waals surface area (Å²) >= 11 is 15.3. The van der Waals surface area contributed by atoms with Crippen LogP contribution in [0.15, 0.2) is 186 Å². The number of para-hydroxylation sites is 1. The molecule has 0 saturated carbocycles. The van der Waals surface area contributed by atoms with Crippen molar-refractivity contribution < 1.29 is 14.6 Å². The van der Waals surface area contributed by atoms with Crippen molar-refractivity contribution in [2.75, 3.05) is 7.11 Å². The minimum absolute atomic E-state index is 0.0755. The molecular formula is C93H133BrCl2N2O5. The molecule has 0 amide bonds. The van der Waals surface area contributed by atoms with Gasteiger partial charge in [0, 0.05) is 38.3 Å². The first-order chi connectivity index (χ1) is 47.0. The maximum Gasteiger partial charge on any atom is 0.272 e. The van der Waals surface area contributed by atoms with E-state index in [2.05, 4.69) is 325 Å². The van der Waals surface area contributed by atoms with E-state index in [0.717, 1.165) is 77.7 Å². The Morgan fingerprint density at radius 2 is 0.718 bits per heavy atom. The van der Waals surface area contributed by atoms with Gasteiger partial charge in [-0.3, -0.25) is 20.2 Å². The number of hydrogen-bond donors (Lipinski definition) is 0. The molecule has 0 aliphatic heterocycles. The van der Waals surface area contributed by atoms with E-state index in [0.29, 0.717) is 32.1 Å². The van der Waals surface area contributed by atoms with Crippen molar-refractivity contribution in [3.05, 3.63) is 283 Å². The molecule has 0 fully saturated rings. The second-order valence-electron chi connectivity index (χ2n) is 37.3. The van der Waals surface area contributed by atoms with Crippen LogP contribution in [0.4, 0.5) is 11.4 Å². The Bertz CT molecular complexity index is 3690. The second-order valence-corrected chi connectivity index (χ2v) is 39.0. The van der Waals surface area contributed by atoms with Crippen molar-refractivity contribution in [1.82, 2.24) is 0 Å². The normalized spacial score (nSPS) is 11.6. The van der Waals surface area contributed by atoms with E-state index >= 15 is 0 Å². The van der Waals surface area contributed by atoms with Gasteiger partial charge in [-0.25, -0.2) is 0 Å². The molecule has 0 radical (unpaired) electrons. The molecule has 566 valence electrons. The van der Waals surface area contributed by atoms with Gasteiger partial charge in [0.15, 0.2) is 0 Å². The van der Waals surface area contributed by atoms with Crippen molar-refractivity contribution in [1.29, 1.82) is 0 Å². The monoisotopic (exact) mass is 1510 g/mol. The summed E-state index contributed by atoms with van der Waals surface area (Å²) in [5, 5.41) is 22.6. The van der Waals surface area contributed by atoms with E-state index < -0.39 is 0 Å². The number of halogens is 3. The number of hydrogen-bond acceptors (Lipinski definition) is 5. The molecule has 8 aromatic carbocycles. The Balaban J connectivity index is 0.000000590. The van der Waals surface area contributed by atoms with Crippen LogP contribution in [-0.2, 0) is 51.4 Å². The molecule has 0 aliphatic rings. The van der Waals surface area contributed by atoms with Gasteiger partial charge in [0.2, 0.25) is 0 Å². The minimum Gasteiger partial charge on any atom is -0.496 e. The largest absolute Gasteiger partial charge is 0.496 e. The van der Waals surface area contributed by atoms with Crippen LogP contribution in [0.3, 0.4) is 0 Å². The second kappa shape index (κ2) is 43.1. The summed E-state index contributed by atoms with van der Waals surface area (Å²) in [7, 11) is 1.74. The van der Waals surface area contributed by atoms with Crippen LogP contribution in [0.1, 0.15) is 233 Å². The van der Waals surface area contributed by atoms with Gasteiger partial charge in [0.05, 0.1) is 17.0 Å². The number of methoxy groups -OCH3 is 1. The van der Waals surface area contributed by atoms with Crippen LogP contribution >= 0.6 is 39.1 Å². The summed E-state index contributed by atoms with van der Waals surface area (Å²) in [6.07, 6.45) is 8.35. The van der Waals surface area contributed by atoms with Gasteiger partial charge in [0.25, 0.3) is 11.4 Å². The van der Waals surface area contributed by atoms with Crippen LogP contribution in [0, 0.1) is 91.2 Å². The number of aryl methyl sites for hydroxylation is 3. The summed E-state index contributed by atoms with van der Waals surface area (Å²) in [5.41, 5.74) is 18.3. The summed E-state index contributed by atoms with van der Waals surface area (Å²) < 4.78 is 6.53. The minimum atomic E-state index is -0.374. The zero-order chi connectivity index (χ0) is 79.1. The lowest BCUT2D eigenvalue weighted by Crippen LogP contribution is -2.10. The van der Waals surface area contributed by atoms with Gasteiger partial charge < -0.3 is 4.74 Å². The molecule has 103 heavy (non-hydrogen) atoms. The zero-order valence-corrected chi connectivity index (χ0v) is 72.1. The Labute approximate surface area is 645 Å². The highest BCUT2D eigenvalue weighted by molar-refractivity contribution is 9.10. The molecule has 0 saturated heterocycles. The van der Waals surface area contributed by atoms with Gasteiger partial charge in [-0.15, -0.1) is 0 Å².